The van der Waals surface area contributed by atoms with E-state index in [1.807, 2.05) is 6.92 Å². The summed E-state index contributed by atoms with van der Waals surface area (Å²) < 4.78 is 5.37. The number of hydrogen-bond acceptors (Lipinski definition) is 2. The zero-order valence-corrected chi connectivity index (χ0v) is 6.70. The first-order valence-corrected chi connectivity index (χ1v) is 3.77. The summed E-state index contributed by atoms with van der Waals surface area (Å²) >= 11 is 0. The molecule has 1 aliphatic heterocycles. The van der Waals surface area contributed by atoms with E-state index in [-0.39, 0.29) is 12.2 Å². The second-order valence-corrected chi connectivity index (χ2v) is 3.16. The van der Waals surface area contributed by atoms with Gasteiger partial charge >= 0.3 is 0 Å². The monoisotopic (exact) mass is 142 g/mol. The standard InChI is InChI=1S/C8H14O2/c1-5-6(2)8(4-9)10-7(5)3/h4-8H,1-3H3/t5-,6?,7-,8+/m0/s1. The van der Waals surface area contributed by atoms with Crippen LogP contribution in [0.15, 0.2) is 0 Å². The second kappa shape index (κ2) is 2.70. The van der Waals surface area contributed by atoms with E-state index in [0.29, 0.717) is 11.8 Å². The summed E-state index contributed by atoms with van der Waals surface area (Å²) in [7, 11) is 0. The van der Waals surface area contributed by atoms with Crippen molar-refractivity contribution in [2.24, 2.45) is 11.8 Å². The molecule has 0 saturated carbocycles. The third-order valence-corrected chi connectivity index (χ3v) is 2.59. The van der Waals surface area contributed by atoms with Gasteiger partial charge in [0.05, 0.1) is 6.10 Å². The van der Waals surface area contributed by atoms with Gasteiger partial charge in [-0.1, -0.05) is 13.8 Å². The topological polar surface area (TPSA) is 26.3 Å². The van der Waals surface area contributed by atoms with Gasteiger partial charge in [0, 0.05) is 0 Å². The summed E-state index contributed by atoms with van der Waals surface area (Å²) in [6.07, 6.45) is 0.986. The largest absolute Gasteiger partial charge is 0.367 e. The molecule has 2 heteroatoms. The Labute approximate surface area is 61.6 Å². The number of carbonyl (C=O) groups is 1. The molecule has 1 heterocycles. The molecular weight excluding hydrogens is 128 g/mol. The summed E-state index contributed by atoms with van der Waals surface area (Å²) in [4.78, 5) is 10.4. The minimum atomic E-state index is -0.162. The van der Waals surface area contributed by atoms with Crippen LogP contribution in [0.1, 0.15) is 20.8 Å². The van der Waals surface area contributed by atoms with Gasteiger partial charge in [-0.25, -0.2) is 0 Å². The highest BCUT2D eigenvalue weighted by Gasteiger charge is 2.35. The van der Waals surface area contributed by atoms with E-state index < -0.39 is 0 Å². The first-order chi connectivity index (χ1) is 4.66. The molecule has 1 fully saturated rings. The maximum atomic E-state index is 10.4. The molecule has 58 valence electrons. The molecule has 1 rings (SSSR count). The molecule has 1 aliphatic rings. The minimum absolute atomic E-state index is 0.162. The maximum Gasteiger partial charge on any atom is 0.149 e. The molecule has 0 spiro atoms. The van der Waals surface area contributed by atoms with Gasteiger partial charge in [0.15, 0.2) is 0 Å². The summed E-state index contributed by atoms with van der Waals surface area (Å²) in [6.45, 7) is 6.21. The fourth-order valence-corrected chi connectivity index (χ4v) is 1.38. The van der Waals surface area contributed by atoms with Gasteiger partial charge in [0.25, 0.3) is 0 Å². The number of hydrogen-bond donors (Lipinski definition) is 0. The third kappa shape index (κ3) is 1.08. The molecule has 0 amide bonds. The van der Waals surface area contributed by atoms with Crippen molar-refractivity contribution in [1.82, 2.24) is 0 Å². The van der Waals surface area contributed by atoms with Gasteiger partial charge in [-0.3, -0.25) is 0 Å². The van der Waals surface area contributed by atoms with E-state index in [1.54, 1.807) is 0 Å². The lowest BCUT2D eigenvalue weighted by molar-refractivity contribution is -0.118. The molecule has 0 aromatic carbocycles. The van der Waals surface area contributed by atoms with Crippen LogP contribution >= 0.6 is 0 Å². The molecule has 1 saturated heterocycles. The molecule has 0 aromatic rings. The first-order valence-electron chi connectivity index (χ1n) is 3.77. The maximum absolute atomic E-state index is 10.4. The highest BCUT2D eigenvalue weighted by atomic mass is 16.5. The molecule has 0 aliphatic carbocycles. The van der Waals surface area contributed by atoms with Crippen LogP contribution < -0.4 is 0 Å². The van der Waals surface area contributed by atoms with Gasteiger partial charge in [-0.15, -0.1) is 0 Å². The van der Waals surface area contributed by atoms with E-state index >= 15 is 0 Å². The minimum Gasteiger partial charge on any atom is -0.367 e. The highest BCUT2D eigenvalue weighted by molar-refractivity contribution is 5.57. The van der Waals surface area contributed by atoms with E-state index in [0.717, 1.165) is 6.29 Å². The van der Waals surface area contributed by atoms with Crippen LogP contribution in [0.4, 0.5) is 0 Å². The van der Waals surface area contributed by atoms with Crippen molar-refractivity contribution in [3.63, 3.8) is 0 Å². The summed E-state index contributed by atoms with van der Waals surface area (Å²) in [5, 5.41) is 0. The third-order valence-electron chi connectivity index (χ3n) is 2.59. The smallest absolute Gasteiger partial charge is 0.149 e. The Hall–Kier alpha value is -0.370. The van der Waals surface area contributed by atoms with Crippen molar-refractivity contribution in [2.45, 2.75) is 33.0 Å². The van der Waals surface area contributed by atoms with Crippen LogP contribution in [0.2, 0.25) is 0 Å². The number of ether oxygens (including phenoxy) is 1. The molecule has 4 atom stereocenters. The van der Waals surface area contributed by atoms with Crippen LogP contribution in [0.25, 0.3) is 0 Å². The summed E-state index contributed by atoms with van der Waals surface area (Å²) in [5.41, 5.74) is 0. The van der Waals surface area contributed by atoms with Crippen molar-refractivity contribution in [1.29, 1.82) is 0 Å². The van der Waals surface area contributed by atoms with Gasteiger partial charge < -0.3 is 9.53 Å². The average molecular weight is 142 g/mol. The number of rotatable bonds is 1. The van der Waals surface area contributed by atoms with Gasteiger partial charge in [0.1, 0.15) is 12.4 Å². The van der Waals surface area contributed by atoms with E-state index in [2.05, 4.69) is 13.8 Å². The molecule has 0 aromatic heterocycles. The number of carbonyl (C=O) groups excluding carboxylic acids is 1. The Morgan fingerprint density at radius 1 is 1.20 bits per heavy atom. The molecule has 0 bridgehead atoms. The second-order valence-electron chi connectivity index (χ2n) is 3.16. The SMILES string of the molecule is CC1[C@@H](C=O)O[C@@H](C)[C@H]1C. The predicted octanol–water partition coefficient (Wildman–Crippen LogP) is 1.24. The van der Waals surface area contributed by atoms with E-state index in [9.17, 15) is 4.79 Å². The lowest BCUT2D eigenvalue weighted by atomic mass is 9.91. The van der Waals surface area contributed by atoms with Crippen molar-refractivity contribution >= 4 is 6.29 Å². The van der Waals surface area contributed by atoms with Crippen molar-refractivity contribution in [3.05, 3.63) is 0 Å². The molecule has 0 N–H and O–H groups in total. The lowest BCUT2D eigenvalue weighted by Gasteiger charge is -2.09. The normalized spacial score (nSPS) is 47.5. The van der Waals surface area contributed by atoms with Crippen molar-refractivity contribution in [3.8, 4) is 0 Å². The van der Waals surface area contributed by atoms with E-state index in [1.165, 1.54) is 0 Å². The van der Waals surface area contributed by atoms with Gasteiger partial charge in [0.2, 0.25) is 0 Å². The Kier molecular flexibility index (Phi) is 2.09. The Morgan fingerprint density at radius 2 is 1.80 bits per heavy atom. The Morgan fingerprint density at radius 3 is 2.00 bits per heavy atom. The molecule has 0 radical (unpaired) electrons. The highest BCUT2D eigenvalue weighted by Crippen LogP contribution is 2.30. The predicted molar refractivity (Wildman–Crippen MR) is 38.7 cm³/mol. The average Bonchev–Trinajstić information content (AvgIpc) is 2.17. The van der Waals surface area contributed by atoms with Crippen molar-refractivity contribution in [2.75, 3.05) is 0 Å². The molecule has 1 unspecified atom stereocenters. The molecule has 10 heavy (non-hydrogen) atoms. The van der Waals surface area contributed by atoms with E-state index in [4.69, 9.17) is 4.74 Å². The van der Waals surface area contributed by atoms with Crippen LogP contribution in [-0.2, 0) is 9.53 Å². The number of aldehydes is 1. The van der Waals surface area contributed by atoms with Gasteiger partial charge in [-0.05, 0) is 18.8 Å². The Balaban J connectivity index is 2.61. The van der Waals surface area contributed by atoms with Gasteiger partial charge in [-0.2, -0.15) is 0 Å². The van der Waals surface area contributed by atoms with Crippen LogP contribution in [-0.4, -0.2) is 18.5 Å². The zero-order valence-electron chi connectivity index (χ0n) is 6.70. The Bertz CT molecular complexity index is 133. The summed E-state index contributed by atoms with van der Waals surface area (Å²) in [6, 6.07) is 0. The fourth-order valence-electron chi connectivity index (χ4n) is 1.38. The quantitative estimate of drug-likeness (QED) is 0.515. The first kappa shape index (κ1) is 7.73. The van der Waals surface area contributed by atoms with Crippen LogP contribution in [0.3, 0.4) is 0 Å². The zero-order chi connectivity index (χ0) is 7.72. The molecule has 2 nitrogen and oxygen atoms in total. The fraction of sp³-hybridized carbons (Fsp3) is 0.875. The van der Waals surface area contributed by atoms with Crippen LogP contribution in [0, 0.1) is 11.8 Å². The van der Waals surface area contributed by atoms with Crippen LogP contribution in [0.5, 0.6) is 0 Å². The molecular formula is C8H14O2. The van der Waals surface area contributed by atoms with Crippen molar-refractivity contribution < 1.29 is 9.53 Å². The summed E-state index contributed by atoms with van der Waals surface area (Å²) in [5.74, 6) is 0.891. The lowest BCUT2D eigenvalue weighted by Crippen LogP contribution is -2.16.